The van der Waals surface area contributed by atoms with Crippen LogP contribution < -0.4 is 0 Å². The van der Waals surface area contributed by atoms with E-state index in [0.717, 1.165) is 39.1 Å². The van der Waals surface area contributed by atoms with Crippen LogP contribution in [0.4, 0.5) is 0 Å². The summed E-state index contributed by atoms with van der Waals surface area (Å²) in [6, 6.07) is 0. The summed E-state index contributed by atoms with van der Waals surface area (Å²) < 4.78 is 0. The van der Waals surface area contributed by atoms with Crippen molar-refractivity contribution >= 4 is 11.9 Å². The summed E-state index contributed by atoms with van der Waals surface area (Å²) in [5.41, 5.74) is 0. The first-order valence-electron chi connectivity index (χ1n) is 6.85. The Morgan fingerprint density at radius 2 is 1.74 bits per heavy atom. The van der Waals surface area contributed by atoms with E-state index in [1.165, 1.54) is 0 Å². The monoisotopic (exact) mass is 271 g/mol. The van der Waals surface area contributed by atoms with Gasteiger partial charge in [0, 0.05) is 33.6 Å². The molecule has 1 aliphatic rings. The summed E-state index contributed by atoms with van der Waals surface area (Å²) in [7, 11) is 3.55. The smallest absolute Gasteiger partial charge is 0.303 e. The molecule has 0 aliphatic carbocycles. The van der Waals surface area contributed by atoms with Crippen LogP contribution in [0.5, 0.6) is 0 Å². The Balaban J connectivity index is 2.27. The molecule has 1 amide bonds. The fourth-order valence-corrected chi connectivity index (χ4v) is 2.19. The molecule has 110 valence electrons. The molecule has 1 aliphatic heterocycles. The van der Waals surface area contributed by atoms with Crippen LogP contribution in [0.3, 0.4) is 0 Å². The highest BCUT2D eigenvalue weighted by molar-refractivity contribution is 5.77. The van der Waals surface area contributed by atoms with E-state index in [4.69, 9.17) is 5.11 Å². The maximum Gasteiger partial charge on any atom is 0.303 e. The summed E-state index contributed by atoms with van der Waals surface area (Å²) in [6.07, 6.45) is 1.97. The van der Waals surface area contributed by atoms with Gasteiger partial charge < -0.3 is 14.9 Å². The Hall–Kier alpha value is -1.14. The number of rotatable bonds is 6. The first kappa shape index (κ1) is 15.9. The third-order valence-corrected chi connectivity index (χ3v) is 3.40. The highest BCUT2D eigenvalue weighted by atomic mass is 16.4. The third kappa shape index (κ3) is 6.54. The van der Waals surface area contributed by atoms with E-state index in [0.29, 0.717) is 13.0 Å². The van der Waals surface area contributed by atoms with Crippen molar-refractivity contribution in [3.8, 4) is 0 Å². The SMILES string of the molecule is CN(C)C(=O)CN1CCCN(CCCC(=O)O)CC1. The second-order valence-corrected chi connectivity index (χ2v) is 5.26. The van der Waals surface area contributed by atoms with Gasteiger partial charge >= 0.3 is 5.97 Å². The molecule has 1 fully saturated rings. The number of likely N-dealkylation sites (N-methyl/N-ethyl adjacent to an activating group) is 1. The molecule has 0 aromatic heterocycles. The minimum atomic E-state index is -0.729. The molecule has 0 saturated carbocycles. The number of carboxylic acids is 1. The fourth-order valence-electron chi connectivity index (χ4n) is 2.19. The molecule has 6 heteroatoms. The maximum atomic E-state index is 11.7. The summed E-state index contributed by atoms with van der Waals surface area (Å²) in [4.78, 5) is 28.2. The van der Waals surface area contributed by atoms with Gasteiger partial charge in [-0.3, -0.25) is 14.5 Å². The number of hydrogen-bond acceptors (Lipinski definition) is 4. The van der Waals surface area contributed by atoms with Gasteiger partial charge in [-0.25, -0.2) is 0 Å². The van der Waals surface area contributed by atoms with Gasteiger partial charge in [0.25, 0.3) is 0 Å². The average molecular weight is 271 g/mol. The Morgan fingerprint density at radius 3 is 2.37 bits per heavy atom. The number of aliphatic carboxylic acids is 1. The standard InChI is InChI=1S/C13H25N3O3/c1-14(2)12(17)11-16-8-4-7-15(9-10-16)6-3-5-13(18)19/h3-11H2,1-2H3,(H,18,19). The molecule has 6 nitrogen and oxygen atoms in total. The lowest BCUT2D eigenvalue weighted by Crippen LogP contribution is -2.38. The van der Waals surface area contributed by atoms with Gasteiger partial charge in [0.15, 0.2) is 0 Å². The second-order valence-electron chi connectivity index (χ2n) is 5.26. The molecule has 0 unspecified atom stereocenters. The molecule has 0 aromatic rings. The largest absolute Gasteiger partial charge is 0.481 e. The Labute approximate surface area is 115 Å². The molecular weight excluding hydrogens is 246 g/mol. The van der Waals surface area contributed by atoms with Crippen LogP contribution in [-0.4, -0.2) is 85.0 Å². The van der Waals surface area contributed by atoms with E-state index >= 15 is 0 Å². The molecule has 1 N–H and O–H groups in total. The summed E-state index contributed by atoms with van der Waals surface area (Å²) in [5.74, 6) is -0.590. The number of carbonyl (C=O) groups excluding carboxylic acids is 1. The van der Waals surface area contributed by atoms with E-state index in [-0.39, 0.29) is 12.3 Å². The number of carbonyl (C=O) groups is 2. The van der Waals surface area contributed by atoms with Gasteiger partial charge in [-0.15, -0.1) is 0 Å². The molecule has 0 atom stereocenters. The molecule has 0 bridgehead atoms. The van der Waals surface area contributed by atoms with Crippen molar-refractivity contribution in [3.63, 3.8) is 0 Å². The van der Waals surface area contributed by atoms with E-state index < -0.39 is 5.97 Å². The van der Waals surface area contributed by atoms with Crippen LogP contribution in [0.2, 0.25) is 0 Å². The first-order chi connectivity index (χ1) is 8.99. The van der Waals surface area contributed by atoms with E-state index in [2.05, 4.69) is 9.80 Å². The van der Waals surface area contributed by atoms with Gasteiger partial charge in [-0.1, -0.05) is 0 Å². The van der Waals surface area contributed by atoms with Crippen molar-refractivity contribution in [2.75, 3.05) is 53.4 Å². The van der Waals surface area contributed by atoms with Crippen LogP contribution >= 0.6 is 0 Å². The van der Waals surface area contributed by atoms with Gasteiger partial charge in [0.2, 0.25) is 5.91 Å². The van der Waals surface area contributed by atoms with Crippen LogP contribution in [0.25, 0.3) is 0 Å². The lowest BCUT2D eigenvalue weighted by atomic mass is 10.3. The number of amides is 1. The van der Waals surface area contributed by atoms with E-state index in [9.17, 15) is 9.59 Å². The Bertz CT molecular complexity index is 308. The minimum absolute atomic E-state index is 0.138. The first-order valence-corrected chi connectivity index (χ1v) is 6.85. The zero-order chi connectivity index (χ0) is 14.3. The third-order valence-electron chi connectivity index (χ3n) is 3.40. The molecule has 1 saturated heterocycles. The molecule has 1 rings (SSSR count). The number of carboxylic acid groups (broad SMARTS) is 1. The van der Waals surface area contributed by atoms with Gasteiger partial charge in [-0.05, 0) is 32.5 Å². The molecule has 0 radical (unpaired) electrons. The predicted octanol–water partition coefficient (Wildman–Crippen LogP) is -0.0529. The van der Waals surface area contributed by atoms with Gasteiger partial charge in [0.05, 0.1) is 6.54 Å². The van der Waals surface area contributed by atoms with Crippen molar-refractivity contribution in [1.29, 1.82) is 0 Å². The molecule has 0 spiro atoms. The lowest BCUT2D eigenvalue weighted by Gasteiger charge is -2.22. The predicted molar refractivity (Wildman–Crippen MR) is 73.1 cm³/mol. The van der Waals surface area contributed by atoms with Crippen molar-refractivity contribution < 1.29 is 14.7 Å². The van der Waals surface area contributed by atoms with E-state index in [1.807, 2.05) is 0 Å². The highest BCUT2D eigenvalue weighted by Gasteiger charge is 2.17. The average Bonchev–Trinajstić information content (AvgIpc) is 2.54. The summed E-state index contributed by atoms with van der Waals surface area (Å²) >= 11 is 0. The molecular formula is C13H25N3O3. The van der Waals surface area contributed by atoms with Crippen molar-refractivity contribution in [2.24, 2.45) is 0 Å². The fraction of sp³-hybridized carbons (Fsp3) is 0.846. The van der Waals surface area contributed by atoms with Crippen molar-refractivity contribution in [2.45, 2.75) is 19.3 Å². The zero-order valence-corrected chi connectivity index (χ0v) is 12.0. The van der Waals surface area contributed by atoms with Gasteiger partial charge in [0.1, 0.15) is 0 Å². The topological polar surface area (TPSA) is 64.1 Å². The number of nitrogens with zero attached hydrogens (tertiary/aromatic N) is 3. The Kier molecular flexibility index (Phi) is 6.80. The van der Waals surface area contributed by atoms with Crippen LogP contribution in [0, 0.1) is 0 Å². The van der Waals surface area contributed by atoms with E-state index in [1.54, 1.807) is 19.0 Å². The highest BCUT2D eigenvalue weighted by Crippen LogP contribution is 2.05. The van der Waals surface area contributed by atoms with Gasteiger partial charge in [-0.2, -0.15) is 0 Å². The van der Waals surface area contributed by atoms with Crippen molar-refractivity contribution in [3.05, 3.63) is 0 Å². The Morgan fingerprint density at radius 1 is 1.11 bits per heavy atom. The van der Waals surface area contributed by atoms with Crippen LogP contribution in [0.1, 0.15) is 19.3 Å². The van der Waals surface area contributed by atoms with Crippen molar-refractivity contribution in [1.82, 2.24) is 14.7 Å². The minimum Gasteiger partial charge on any atom is -0.481 e. The molecule has 19 heavy (non-hydrogen) atoms. The summed E-state index contributed by atoms with van der Waals surface area (Å²) in [6.45, 7) is 5.05. The normalized spacial score (nSPS) is 18.0. The van der Waals surface area contributed by atoms with Crippen LogP contribution in [-0.2, 0) is 9.59 Å². The summed E-state index contributed by atoms with van der Waals surface area (Å²) in [5, 5.41) is 8.62. The molecule has 1 heterocycles. The second kappa shape index (κ2) is 8.12. The quantitative estimate of drug-likeness (QED) is 0.733. The number of hydrogen-bond donors (Lipinski definition) is 1. The van der Waals surface area contributed by atoms with Crippen LogP contribution in [0.15, 0.2) is 0 Å². The molecule has 0 aromatic carbocycles. The zero-order valence-electron chi connectivity index (χ0n) is 12.0. The lowest BCUT2D eigenvalue weighted by molar-refractivity contribution is -0.137. The maximum absolute atomic E-state index is 11.7.